The van der Waals surface area contributed by atoms with Gasteiger partial charge in [-0.05, 0) is 37.1 Å². The number of unbranched alkanes of at least 4 members (excludes halogenated alkanes) is 2. The van der Waals surface area contributed by atoms with Gasteiger partial charge in [0, 0.05) is 18.7 Å². The molecule has 2 rings (SSSR count). The van der Waals surface area contributed by atoms with E-state index in [2.05, 4.69) is 17.0 Å². The Morgan fingerprint density at radius 2 is 1.81 bits per heavy atom. The van der Waals surface area contributed by atoms with E-state index in [1.807, 2.05) is 31.2 Å². The van der Waals surface area contributed by atoms with Crippen molar-refractivity contribution in [2.24, 2.45) is 0 Å². The fourth-order valence-corrected chi connectivity index (χ4v) is 3.70. The summed E-state index contributed by atoms with van der Waals surface area (Å²) < 4.78 is 27.3. The largest absolute Gasteiger partial charge is 0.348 e. The highest BCUT2D eigenvalue weighted by Crippen LogP contribution is 2.12. The summed E-state index contributed by atoms with van der Waals surface area (Å²) in [6.45, 7) is 4.85. The van der Waals surface area contributed by atoms with Gasteiger partial charge in [0.1, 0.15) is 0 Å². The first-order valence-electron chi connectivity index (χ1n) is 8.86. The van der Waals surface area contributed by atoms with Crippen LogP contribution in [0, 0.1) is 6.92 Å². The minimum atomic E-state index is -3.60. The summed E-state index contributed by atoms with van der Waals surface area (Å²) in [5.74, 6) is -0.297. The molecular formula is C20H26N2O3S. The highest BCUT2D eigenvalue weighted by atomic mass is 32.2. The molecule has 5 nitrogen and oxygen atoms in total. The zero-order valence-electron chi connectivity index (χ0n) is 15.3. The van der Waals surface area contributed by atoms with Gasteiger partial charge in [0.05, 0.1) is 4.90 Å². The monoisotopic (exact) mass is 374 g/mol. The molecule has 0 aliphatic rings. The number of sulfonamides is 1. The zero-order valence-corrected chi connectivity index (χ0v) is 16.1. The first-order valence-corrected chi connectivity index (χ1v) is 10.3. The molecule has 1 amide bonds. The van der Waals surface area contributed by atoms with Crippen LogP contribution in [-0.4, -0.2) is 20.9 Å². The summed E-state index contributed by atoms with van der Waals surface area (Å²) >= 11 is 0. The quantitative estimate of drug-likeness (QED) is 0.661. The normalized spacial score (nSPS) is 11.3. The SMILES string of the molecule is CCCCCNS(=O)(=O)c1cccc(C(=O)NCc2cccc(C)c2)c1. The number of benzene rings is 2. The summed E-state index contributed by atoms with van der Waals surface area (Å²) in [4.78, 5) is 12.5. The molecule has 0 saturated heterocycles. The Kier molecular flexibility index (Phi) is 7.36. The van der Waals surface area contributed by atoms with Gasteiger partial charge in [-0.15, -0.1) is 0 Å². The van der Waals surface area contributed by atoms with Crippen molar-refractivity contribution < 1.29 is 13.2 Å². The Labute approximate surface area is 155 Å². The van der Waals surface area contributed by atoms with Crippen molar-refractivity contribution >= 4 is 15.9 Å². The molecule has 0 heterocycles. The van der Waals surface area contributed by atoms with Gasteiger partial charge >= 0.3 is 0 Å². The first-order chi connectivity index (χ1) is 12.4. The van der Waals surface area contributed by atoms with Gasteiger partial charge in [0.25, 0.3) is 5.91 Å². The van der Waals surface area contributed by atoms with Crippen molar-refractivity contribution in [2.75, 3.05) is 6.54 Å². The number of amides is 1. The van der Waals surface area contributed by atoms with Crippen LogP contribution in [0.15, 0.2) is 53.4 Å². The van der Waals surface area contributed by atoms with Crippen LogP contribution in [0.25, 0.3) is 0 Å². The highest BCUT2D eigenvalue weighted by Gasteiger charge is 2.15. The van der Waals surface area contributed by atoms with Crippen molar-refractivity contribution in [1.82, 2.24) is 10.0 Å². The molecule has 0 atom stereocenters. The summed E-state index contributed by atoms with van der Waals surface area (Å²) in [5, 5.41) is 2.83. The van der Waals surface area contributed by atoms with Crippen LogP contribution >= 0.6 is 0 Å². The molecule has 0 unspecified atom stereocenters. The van der Waals surface area contributed by atoms with E-state index in [-0.39, 0.29) is 10.8 Å². The number of hydrogen-bond acceptors (Lipinski definition) is 3. The van der Waals surface area contributed by atoms with E-state index in [4.69, 9.17) is 0 Å². The third-order valence-corrected chi connectivity index (χ3v) is 5.47. The molecular weight excluding hydrogens is 348 g/mol. The van der Waals surface area contributed by atoms with E-state index >= 15 is 0 Å². The van der Waals surface area contributed by atoms with Crippen LogP contribution in [-0.2, 0) is 16.6 Å². The van der Waals surface area contributed by atoms with Gasteiger partial charge in [0.2, 0.25) is 10.0 Å². The van der Waals surface area contributed by atoms with Gasteiger partial charge in [-0.2, -0.15) is 0 Å². The van der Waals surface area contributed by atoms with Crippen LogP contribution < -0.4 is 10.0 Å². The van der Waals surface area contributed by atoms with Crippen LogP contribution in [0.5, 0.6) is 0 Å². The minimum absolute atomic E-state index is 0.109. The van der Waals surface area contributed by atoms with Crippen LogP contribution in [0.2, 0.25) is 0 Å². The highest BCUT2D eigenvalue weighted by molar-refractivity contribution is 7.89. The van der Waals surface area contributed by atoms with Gasteiger partial charge in [0.15, 0.2) is 0 Å². The number of aryl methyl sites for hydroxylation is 1. The van der Waals surface area contributed by atoms with Gasteiger partial charge in [-0.1, -0.05) is 55.7 Å². The summed E-state index contributed by atoms with van der Waals surface area (Å²) in [6, 6.07) is 14.0. The van der Waals surface area contributed by atoms with E-state index in [0.29, 0.717) is 18.7 Å². The van der Waals surface area contributed by atoms with Gasteiger partial charge in [-0.3, -0.25) is 4.79 Å². The van der Waals surface area contributed by atoms with E-state index in [9.17, 15) is 13.2 Å². The lowest BCUT2D eigenvalue weighted by molar-refractivity contribution is 0.0950. The second-order valence-electron chi connectivity index (χ2n) is 6.30. The van der Waals surface area contributed by atoms with Gasteiger partial charge in [-0.25, -0.2) is 13.1 Å². The second-order valence-corrected chi connectivity index (χ2v) is 8.07. The number of hydrogen-bond donors (Lipinski definition) is 2. The topological polar surface area (TPSA) is 75.3 Å². The van der Waals surface area contributed by atoms with E-state index in [1.165, 1.54) is 12.1 Å². The molecule has 0 aromatic heterocycles. The number of rotatable bonds is 9. The number of nitrogens with one attached hydrogen (secondary N) is 2. The van der Waals surface area contributed by atoms with Crippen LogP contribution in [0.3, 0.4) is 0 Å². The maximum absolute atomic E-state index is 12.4. The number of carbonyl (C=O) groups excluding carboxylic acids is 1. The predicted octanol–water partition coefficient (Wildman–Crippen LogP) is 3.39. The average Bonchev–Trinajstić information content (AvgIpc) is 2.63. The van der Waals surface area contributed by atoms with Crippen LogP contribution in [0.1, 0.15) is 47.7 Å². The molecule has 2 N–H and O–H groups in total. The van der Waals surface area contributed by atoms with Crippen molar-refractivity contribution in [1.29, 1.82) is 0 Å². The molecule has 0 spiro atoms. The van der Waals surface area contributed by atoms with Crippen molar-refractivity contribution in [3.05, 3.63) is 65.2 Å². The van der Waals surface area contributed by atoms with E-state index < -0.39 is 10.0 Å². The smallest absolute Gasteiger partial charge is 0.251 e. The molecule has 0 aliphatic heterocycles. The Hall–Kier alpha value is -2.18. The lowest BCUT2D eigenvalue weighted by atomic mass is 10.1. The fourth-order valence-electron chi connectivity index (χ4n) is 2.58. The fraction of sp³-hybridized carbons (Fsp3) is 0.350. The van der Waals surface area contributed by atoms with Crippen molar-refractivity contribution in [3.8, 4) is 0 Å². The molecule has 2 aromatic carbocycles. The van der Waals surface area contributed by atoms with E-state index in [0.717, 1.165) is 30.4 Å². The molecule has 0 radical (unpaired) electrons. The molecule has 0 aliphatic carbocycles. The molecule has 6 heteroatoms. The standard InChI is InChI=1S/C20H26N2O3S/c1-3-4-5-12-22-26(24,25)19-11-7-10-18(14-19)20(23)21-15-17-9-6-8-16(2)13-17/h6-11,13-14,22H,3-5,12,15H2,1-2H3,(H,21,23). The summed E-state index contributed by atoms with van der Waals surface area (Å²) in [6.07, 6.45) is 2.80. The Balaban J connectivity index is 2.02. The average molecular weight is 375 g/mol. The Morgan fingerprint density at radius 3 is 2.54 bits per heavy atom. The summed E-state index contributed by atoms with van der Waals surface area (Å²) in [7, 11) is -3.60. The minimum Gasteiger partial charge on any atom is -0.348 e. The maximum atomic E-state index is 12.4. The maximum Gasteiger partial charge on any atom is 0.251 e. The van der Waals surface area contributed by atoms with Crippen LogP contribution in [0.4, 0.5) is 0 Å². The lowest BCUT2D eigenvalue weighted by Crippen LogP contribution is -2.26. The molecule has 0 bridgehead atoms. The zero-order chi connectivity index (χ0) is 19.0. The molecule has 26 heavy (non-hydrogen) atoms. The molecule has 140 valence electrons. The van der Waals surface area contributed by atoms with Gasteiger partial charge < -0.3 is 5.32 Å². The second kappa shape index (κ2) is 9.50. The molecule has 2 aromatic rings. The third-order valence-electron chi connectivity index (χ3n) is 4.01. The van der Waals surface area contributed by atoms with E-state index in [1.54, 1.807) is 12.1 Å². The Bertz CT molecular complexity index is 848. The summed E-state index contributed by atoms with van der Waals surface area (Å²) in [5.41, 5.74) is 2.45. The first kappa shape index (κ1) is 20.1. The van der Waals surface area contributed by atoms with Crippen molar-refractivity contribution in [3.63, 3.8) is 0 Å². The molecule has 0 fully saturated rings. The Morgan fingerprint density at radius 1 is 1.04 bits per heavy atom. The predicted molar refractivity (Wildman–Crippen MR) is 104 cm³/mol. The van der Waals surface area contributed by atoms with Crippen molar-refractivity contribution in [2.45, 2.75) is 44.6 Å². The molecule has 0 saturated carbocycles. The number of carbonyl (C=O) groups is 1. The third kappa shape index (κ3) is 5.97. The lowest BCUT2D eigenvalue weighted by Gasteiger charge is -2.09.